The van der Waals surface area contributed by atoms with E-state index in [1.54, 1.807) is 12.1 Å². The minimum Gasteiger partial charge on any atom is -0.478 e. The first-order chi connectivity index (χ1) is 9.13. The molecule has 0 aliphatic rings. The van der Waals surface area contributed by atoms with Crippen molar-refractivity contribution >= 4 is 5.97 Å². The number of carbonyl (C=O) groups is 1. The first kappa shape index (κ1) is 13.2. The fourth-order valence-corrected chi connectivity index (χ4v) is 1.76. The molecule has 2 heterocycles. The average Bonchev–Trinajstić information content (AvgIpc) is 2.81. The van der Waals surface area contributed by atoms with E-state index in [0.717, 1.165) is 30.2 Å². The average molecular weight is 260 g/mol. The van der Waals surface area contributed by atoms with Crippen LogP contribution in [0.2, 0.25) is 0 Å². The molecule has 0 aliphatic carbocycles. The zero-order valence-corrected chi connectivity index (χ0v) is 11.0. The fourth-order valence-electron chi connectivity index (χ4n) is 1.76. The van der Waals surface area contributed by atoms with E-state index in [1.807, 2.05) is 18.5 Å². The Bertz CT molecular complexity index is 575. The number of carboxylic acid groups (broad SMARTS) is 1. The second-order valence-electron chi connectivity index (χ2n) is 4.15. The molecule has 0 aromatic carbocycles. The Morgan fingerprint density at radius 2 is 2.11 bits per heavy atom. The highest BCUT2D eigenvalue weighted by atomic mass is 16.4. The van der Waals surface area contributed by atoms with Crippen LogP contribution in [0, 0.1) is 0 Å². The second kappa shape index (κ2) is 5.60. The van der Waals surface area contributed by atoms with Crippen molar-refractivity contribution in [1.82, 2.24) is 19.7 Å². The van der Waals surface area contributed by atoms with Crippen molar-refractivity contribution in [2.24, 2.45) is 0 Å². The Hall–Kier alpha value is -2.24. The summed E-state index contributed by atoms with van der Waals surface area (Å²) in [6, 6.07) is 3.25. The van der Waals surface area contributed by atoms with Crippen molar-refractivity contribution in [3.63, 3.8) is 0 Å². The zero-order valence-electron chi connectivity index (χ0n) is 11.0. The van der Waals surface area contributed by atoms with Gasteiger partial charge in [0, 0.05) is 19.0 Å². The highest BCUT2D eigenvalue weighted by Gasteiger charge is 2.09. The highest BCUT2D eigenvalue weighted by molar-refractivity contribution is 5.87. The number of aromatic nitrogens is 4. The standard InChI is InChI=1S/C13H16N4O2/c1-3-11-15-12(4-2)17(16-11)8-10-6-5-9(7-14-10)13(18)19/h5-7H,3-4,8H2,1-2H3,(H,18,19). The number of hydrogen-bond donors (Lipinski definition) is 1. The predicted molar refractivity (Wildman–Crippen MR) is 69.1 cm³/mol. The number of hydrogen-bond acceptors (Lipinski definition) is 4. The van der Waals surface area contributed by atoms with Gasteiger partial charge in [0.25, 0.3) is 0 Å². The minimum atomic E-state index is -0.970. The van der Waals surface area contributed by atoms with Crippen molar-refractivity contribution in [3.8, 4) is 0 Å². The van der Waals surface area contributed by atoms with Gasteiger partial charge in [0.15, 0.2) is 5.82 Å². The molecule has 6 nitrogen and oxygen atoms in total. The van der Waals surface area contributed by atoms with Crippen LogP contribution in [0.4, 0.5) is 0 Å². The topological polar surface area (TPSA) is 80.9 Å². The fraction of sp³-hybridized carbons (Fsp3) is 0.385. The van der Waals surface area contributed by atoms with Crippen LogP contribution in [0.15, 0.2) is 18.3 Å². The Morgan fingerprint density at radius 1 is 1.32 bits per heavy atom. The van der Waals surface area contributed by atoms with E-state index in [4.69, 9.17) is 5.11 Å². The van der Waals surface area contributed by atoms with Gasteiger partial charge in [-0.25, -0.2) is 14.5 Å². The third-order valence-corrected chi connectivity index (χ3v) is 2.81. The quantitative estimate of drug-likeness (QED) is 0.882. The molecule has 0 bridgehead atoms. The molecule has 6 heteroatoms. The lowest BCUT2D eigenvalue weighted by Gasteiger charge is -2.04. The van der Waals surface area contributed by atoms with Crippen LogP contribution in [0.1, 0.15) is 41.5 Å². The van der Waals surface area contributed by atoms with E-state index in [2.05, 4.69) is 15.1 Å². The summed E-state index contributed by atoms with van der Waals surface area (Å²) in [6.45, 7) is 4.55. The molecule has 0 amide bonds. The Balaban J connectivity index is 2.20. The van der Waals surface area contributed by atoms with Crippen molar-refractivity contribution in [1.29, 1.82) is 0 Å². The number of aryl methyl sites for hydroxylation is 2. The van der Waals surface area contributed by atoms with E-state index >= 15 is 0 Å². The van der Waals surface area contributed by atoms with E-state index in [9.17, 15) is 4.79 Å². The smallest absolute Gasteiger partial charge is 0.337 e. The summed E-state index contributed by atoms with van der Waals surface area (Å²) in [5, 5.41) is 13.2. The third-order valence-electron chi connectivity index (χ3n) is 2.81. The van der Waals surface area contributed by atoms with Crippen LogP contribution < -0.4 is 0 Å². The molecule has 0 saturated heterocycles. The van der Waals surface area contributed by atoms with Gasteiger partial charge < -0.3 is 5.11 Å². The molecule has 0 unspecified atom stereocenters. The van der Waals surface area contributed by atoms with E-state index in [1.165, 1.54) is 6.20 Å². The molecule has 0 spiro atoms. The normalized spacial score (nSPS) is 10.6. The summed E-state index contributed by atoms with van der Waals surface area (Å²) in [5.41, 5.74) is 0.958. The Kier molecular flexibility index (Phi) is 3.89. The van der Waals surface area contributed by atoms with Gasteiger partial charge in [-0.3, -0.25) is 4.98 Å². The van der Waals surface area contributed by atoms with Crippen LogP contribution in [0.25, 0.3) is 0 Å². The molecule has 0 atom stereocenters. The molecule has 1 N–H and O–H groups in total. The molecule has 2 rings (SSSR count). The SMILES string of the molecule is CCc1nc(CC)n(Cc2ccc(C(=O)O)cn2)n1. The van der Waals surface area contributed by atoms with Gasteiger partial charge in [-0.2, -0.15) is 5.10 Å². The lowest BCUT2D eigenvalue weighted by Crippen LogP contribution is -2.08. The second-order valence-corrected chi connectivity index (χ2v) is 4.15. The third kappa shape index (κ3) is 2.96. The number of pyridine rings is 1. The largest absolute Gasteiger partial charge is 0.478 e. The molecule has 2 aromatic rings. The number of nitrogens with zero attached hydrogens (tertiary/aromatic N) is 4. The van der Waals surface area contributed by atoms with Crippen molar-refractivity contribution in [2.45, 2.75) is 33.2 Å². The predicted octanol–water partition coefficient (Wildman–Crippen LogP) is 1.54. The van der Waals surface area contributed by atoms with Crippen LogP contribution in [0.5, 0.6) is 0 Å². The lowest BCUT2D eigenvalue weighted by atomic mass is 10.2. The minimum absolute atomic E-state index is 0.187. The maximum absolute atomic E-state index is 10.7. The van der Waals surface area contributed by atoms with Gasteiger partial charge in [-0.15, -0.1) is 0 Å². The molecule has 0 fully saturated rings. The summed E-state index contributed by atoms with van der Waals surface area (Å²) < 4.78 is 1.82. The lowest BCUT2D eigenvalue weighted by molar-refractivity contribution is 0.0696. The van der Waals surface area contributed by atoms with Crippen molar-refractivity contribution < 1.29 is 9.90 Å². The van der Waals surface area contributed by atoms with Crippen molar-refractivity contribution in [2.75, 3.05) is 0 Å². The Labute approximate surface area is 111 Å². The molecule has 100 valence electrons. The van der Waals surface area contributed by atoms with Gasteiger partial charge in [0.1, 0.15) is 5.82 Å². The number of rotatable bonds is 5. The first-order valence-electron chi connectivity index (χ1n) is 6.24. The summed E-state index contributed by atoms with van der Waals surface area (Å²) in [5.74, 6) is 0.766. The number of aromatic carboxylic acids is 1. The molecule has 0 saturated carbocycles. The van der Waals surface area contributed by atoms with Gasteiger partial charge >= 0.3 is 5.97 Å². The number of carboxylic acids is 1. The van der Waals surface area contributed by atoms with E-state index < -0.39 is 5.97 Å². The van der Waals surface area contributed by atoms with E-state index in [0.29, 0.717) is 6.54 Å². The van der Waals surface area contributed by atoms with Crippen LogP contribution >= 0.6 is 0 Å². The van der Waals surface area contributed by atoms with Gasteiger partial charge in [0.2, 0.25) is 0 Å². The maximum atomic E-state index is 10.7. The maximum Gasteiger partial charge on any atom is 0.337 e. The van der Waals surface area contributed by atoms with Crippen molar-refractivity contribution in [3.05, 3.63) is 41.2 Å². The Morgan fingerprint density at radius 3 is 2.63 bits per heavy atom. The molecular weight excluding hydrogens is 244 g/mol. The summed E-state index contributed by atoms with van der Waals surface area (Å²) in [4.78, 5) is 19.3. The zero-order chi connectivity index (χ0) is 13.8. The molecule has 19 heavy (non-hydrogen) atoms. The van der Waals surface area contributed by atoms with E-state index in [-0.39, 0.29) is 5.56 Å². The van der Waals surface area contributed by atoms with Crippen LogP contribution in [0.3, 0.4) is 0 Å². The molecule has 0 radical (unpaired) electrons. The molecular formula is C13H16N4O2. The van der Waals surface area contributed by atoms with Gasteiger partial charge in [0.05, 0.1) is 17.8 Å². The highest BCUT2D eigenvalue weighted by Crippen LogP contribution is 2.06. The summed E-state index contributed by atoms with van der Waals surface area (Å²) in [6.07, 6.45) is 2.96. The molecule has 0 aliphatic heterocycles. The van der Waals surface area contributed by atoms with Crippen LogP contribution in [-0.4, -0.2) is 30.8 Å². The monoisotopic (exact) mass is 260 g/mol. The summed E-state index contributed by atoms with van der Waals surface area (Å²) >= 11 is 0. The van der Waals surface area contributed by atoms with Crippen LogP contribution in [-0.2, 0) is 19.4 Å². The summed E-state index contributed by atoms with van der Waals surface area (Å²) in [7, 11) is 0. The first-order valence-corrected chi connectivity index (χ1v) is 6.24. The van der Waals surface area contributed by atoms with Gasteiger partial charge in [-0.1, -0.05) is 13.8 Å². The molecule has 2 aromatic heterocycles. The van der Waals surface area contributed by atoms with Gasteiger partial charge in [-0.05, 0) is 12.1 Å².